The molecule has 6 nitrogen and oxygen atoms in total. The van der Waals surface area contributed by atoms with E-state index >= 15 is 0 Å². The van der Waals surface area contributed by atoms with Crippen LogP contribution < -0.4 is 10.6 Å². The van der Waals surface area contributed by atoms with Gasteiger partial charge in [0.05, 0.1) is 19.8 Å². The molecule has 0 saturated heterocycles. The molecule has 0 spiro atoms. The van der Waals surface area contributed by atoms with Gasteiger partial charge in [0.25, 0.3) is 0 Å². The fraction of sp³-hybridized carbons (Fsp3) is 0.900. The van der Waals surface area contributed by atoms with Crippen molar-refractivity contribution in [2.75, 3.05) is 32.9 Å². The van der Waals surface area contributed by atoms with Crippen molar-refractivity contribution in [1.29, 1.82) is 0 Å². The number of nitrogens with one attached hydrogen (secondary N) is 2. The maximum absolute atomic E-state index is 11.7. The number of carbonyl (C=O) groups excluding carboxylic acids is 1. The largest absolute Gasteiger partial charge is 0.394 e. The Morgan fingerprint density at radius 3 is 2.12 bits per heavy atom. The highest BCUT2D eigenvalue weighted by Gasteiger charge is 2.31. The van der Waals surface area contributed by atoms with E-state index in [2.05, 4.69) is 10.6 Å². The summed E-state index contributed by atoms with van der Waals surface area (Å²) in [6.45, 7) is 3.45. The van der Waals surface area contributed by atoms with Gasteiger partial charge in [-0.2, -0.15) is 0 Å². The molecule has 0 bridgehead atoms. The van der Waals surface area contributed by atoms with Gasteiger partial charge in [0.2, 0.25) is 5.91 Å². The molecular formula is C10H22N2O4. The second-order valence-corrected chi connectivity index (χ2v) is 3.95. The molecule has 0 heterocycles. The summed E-state index contributed by atoms with van der Waals surface area (Å²) in [4.78, 5) is 11.7. The zero-order valence-electron chi connectivity index (χ0n) is 9.86. The molecule has 0 fully saturated rings. The minimum Gasteiger partial charge on any atom is -0.394 e. The lowest BCUT2D eigenvalue weighted by Gasteiger charge is -2.30. The zero-order valence-corrected chi connectivity index (χ0v) is 9.86. The monoisotopic (exact) mass is 234 g/mol. The third-order valence-corrected chi connectivity index (χ3v) is 2.44. The van der Waals surface area contributed by atoms with E-state index in [0.29, 0.717) is 6.54 Å². The summed E-state index contributed by atoms with van der Waals surface area (Å²) in [5.74, 6) is -0.595. The van der Waals surface area contributed by atoms with Crippen LogP contribution in [0, 0.1) is 5.92 Å². The molecule has 0 rings (SSSR count). The molecule has 1 unspecified atom stereocenters. The molecule has 0 aliphatic rings. The number of hydrogen-bond donors (Lipinski definition) is 5. The maximum atomic E-state index is 11.7. The second kappa shape index (κ2) is 7.56. The van der Waals surface area contributed by atoms with E-state index in [-0.39, 0.29) is 11.8 Å². The van der Waals surface area contributed by atoms with Gasteiger partial charge in [-0.25, -0.2) is 0 Å². The van der Waals surface area contributed by atoms with Crippen molar-refractivity contribution >= 4 is 5.91 Å². The van der Waals surface area contributed by atoms with Gasteiger partial charge in [-0.1, -0.05) is 13.8 Å². The first-order valence-electron chi connectivity index (χ1n) is 5.40. The third kappa shape index (κ3) is 4.44. The first-order chi connectivity index (χ1) is 7.55. The van der Waals surface area contributed by atoms with Crippen LogP contribution in [-0.2, 0) is 4.79 Å². The molecule has 16 heavy (non-hydrogen) atoms. The number of amides is 1. The van der Waals surface area contributed by atoms with Crippen LogP contribution in [0.3, 0.4) is 0 Å². The Balaban J connectivity index is 4.28. The number of hydrogen-bond acceptors (Lipinski definition) is 5. The van der Waals surface area contributed by atoms with E-state index in [1.807, 2.05) is 6.92 Å². The molecule has 0 aromatic carbocycles. The van der Waals surface area contributed by atoms with Crippen molar-refractivity contribution in [3.63, 3.8) is 0 Å². The molecule has 96 valence electrons. The maximum Gasteiger partial charge on any atom is 0.224 e. The highest BCUT2D eigenvalue weighted by molar-refractivity contribution is 5.79. The Bertz CT molecular complexity index is 199. The SMILES string of the molecule is CCNCC(C)C(=O)NC(CO)(CO)CO. The van der Waals surface area contributed by atoms with Crippen LogP contribution >= 0.6 is 0 Å². The Hall–Kier alpha value is -0.690. The fourth-order valence-corrected chi connectivity index (χ4v) is 1.11. The standard InChI is InChI=1S/C10H22N2O4/c1-3-11-4-8(2)9(16)12-10(5-13,6-14)7-15/h8,11,13-15H,3-7H2,1-2H3,(H,12,16). The van der Waals surface area contributed by atoms with Crippen LogP contribution in [-0.4, -0.2) is 59.7 Å². The normalized spacial score (nSPS) is 13.6. The number of rotatable bonds is 8. The lowest BCUT2D eigenvalue weighted by atomic mass is 10.0. The van der Waals surface area contributed by atoms with Crippen molar-refractivity contribution < 1.29 is 20.1 Å². The van der Waals surface area contributed by atoms with Crippen LogP contribution in [0.15, 0.2) is 0 Å². The molecule has 0 saturated carbocycles. The Kier molecular flexibility index (Phi) is 7.24. The first-order valence-corrected chi connectivity index (χ1v) is 5.40. The van der Waals surface area contributed by atoms with E-state index in [9.17, 15) is 4.79 Å². The van der Waals surface area contributed by atoms with Crippen molar-refractivity contribution in [2.45, 2.75) is 19.4 Å². The number of carbonyl (C=O) groups is 1. The minimum absolute atomic E-state index is 0.288. The molecule has 6 heteroatoms. The highest BCUT2D eigenvalue weighted by Crippen LogP contribution is 2.04. The average Bonchev–Trinajstić information content (AvgIpc) is 2.32. The van der Waals surface area contributed by atoms with Gasteiger partial charge in [0.15, 0.2) is 0 Å². The van der Waals surface area contributed by atoms with Crippen molar-refractivity contribution in [1.82, 2.24) is 10.6 Å². The Morgan fingerprint density at radius 1 is 1.25 bits per heavy atom. The lowest BCUT2D eigenvalue weighted by molar-refractivity contribution is -0.128. The quantitative estimate of drug-likeness (QED) is 0.336. The molecule has 0 aromatic rings. The average molecular weight is 234 g/mol. The van der Waals surface area contributed by atoms with Gasteiger partial charge in [-0.05, 0) is 6.54 Å². The topological polar surface area (TPSA) is 102 Å². The first kappa shape index (κ1) is 15.3. The van der Waals surface area contributed by atoms with Crippen molar-refractivity contribution in [3.05, 3.63) is 0 Å². The lowest BCUT2D eigenvalue weighted by Crippen LogP contribution is -2.58. The van der Waals surface area contributed by atoms with Gasteiger partial charge in [-0.15, -0.1) is 0 Å². The van der Waals surface area contributed by atoms with Crippen molar-refractivity contribution in [3.8, 4) is 0 Å². The Labute approximate surface area is 95.7 Å². The summed E-state index contributed by atoms with van der Waals surface area (Å²) < 4.78 is 0. The fourth-order valence-electron chi connectivity index (χ4n) is 1.11. The summed E-state index contributed by atoms with van der Waals surface area (Å²) >= 11 is 0. The van der Waals surface area contributed by atoms with Gasteiger partial charge in [0.1, 0.15) is 5.54 Å². The molecule has 5 N–H and O–H groups in total. The van der Waals surface area contributed by atoms with Crippen molar-refractivity contribution in [2.24, 2.45) is 5.92 Å². The van der Waals surface area contributed by atoms with E-state index in [1.165, 1.54) is 0 Å². The summed E-state index contributed by atoms with van der Waals surface area (Å²) in [5.41, 5.74) is -1.34. The molecule has 0 aromatic heterocycles. The van der Waals surface area contributed by atoms with Crippen LogP contribution in [0.1, 0.15) is 13.8 Å². The Morgan fingerprint density at radius 2 is 1.75 bits per heavy atom. The third-order valence-electron chi connectivity index (χ3n) is 2.44. The van der Waals surface area contributed by atoms with Crippen LogP contribution in [0.5, 0.6) is 0 Å². The zero-order chi connectivity index (χ0) is 12.6. The minimum atomic E-state index is -1.34. The predicted molar refractivity (Wildman–Crippen MR) is 59.8 cm³/mol. The molecule has 0 radical (unpaired) electrons. The number of aliphatic hydroxyl groups is 3. The molecular weight excluding hydrogens is 212 g/mol. The summed E-state index contributed by atoms with van der Waals surface area (Å²) in [6, 6.07) is 0. The van der Waals surface area contributed by atoms with E-state index < -0.39 is 25.4 Å². The smallest absolute Gasteiger partial charge is 0.224 e. The predicted octanol–water partition coefficient (Wildman–Crippen LogP) is -1.94. The van der Waals surface area contributed by atoms with E-state index in [1.54, 1.807) is 6.92 Å². The van der Waals surface area contributed by atoms with Gasteiger partial charge in [-0.3, -0.25) is 4.79 Å². The summed E-state index contributed by atoms with van der Waals surface area (Å²) in [6.07, 6.45) is 0. The molecule has 0 aliphatic carbocycles. The summed E-state index contributed by atoms with van der Waals surface area (Å²) in [5, 5.41) is 32.6. The highest BCUT2D eigenvalue weighted by atomic mass is 16.3. The van der Waals surface area contributed by atoms with E-state index in [4.69, 9.17) is 15.3 Å². The molecule has 1 amide bonds. The van der Waals surface area contributed by atoms with Gasteiger partial charge < -0.3 is 26.0 Å². The summed E-state index contributed by atoms with van der Waals surface area (Å²) in [7, 11) is 0. The van der Waals surface area contributed by atoms with Gasteiger partial charge >= 0.3 is 0 Å². The van der Waals surface area contributed by atoms with Gasteiger partial charge in [0, 0.05) is 12.5 Å². The van der Waals surface area contributed by atoms with Crippen LogP contribution in [0.25, 0.3) is 0 Å². The van der Waals surface area contributed by atoms with Crippen LogP contribution in [0.2, 0.25) is 0 Å². The van der Waals surface area contributed by atoms with Crippen LogP contribution in [0.4, 0.5) is 0 Å². The number of aliphatic hydroxyl groups excluding tert-OH is 3. The second-order valence-electron chi connectivity index (χ2n) is 3.95. The molecule has 1 atom stereocenters. The van der Waals surface area contributed by atoms with E-state index in [0.717, 1.165) is 6.54 Å². The molecule has 0 aliphatic heterocycles.